The number of nitrogens with two attached hydrogens (primary N) is 3. The van der Waals surface area contributed by atoms with Gasteiger partial charge in [0.25, 0.3) is 5.91 Å². The second kappa shape index (κ2) is 8.34. The van der Waals surface area contributed by atoms with Gasteiger partial charge in [-0.3, -0.25) is 9.59 Å². The van der Waals surface area contributed by atoms with Gasteiger partial charge in [-0.15, -0.1) is 12.3 Å². The molecule has 29 heavy (non-hydrogen) atoms. The van der Waals surface area contributed by atoms with E-state index in [2.05, 4.69) is 5.92 Å². The fourth-order valence-corrected chi connectivity index (χ4v) is 3.56. The SMILES string of the molecule is C#CCC(C(=O)O)C(C)c1cc(C(N)=O)c(N)c(-c2ccc(S(N)(=O)=O)cc2)c1. The number of carboxylic acid groups (broad SMARTS) is 1. The number of rotatable bonds is 7. The van der Waals surface area contributed by atoms with Gasteiger partial charge in [0.05, 0.1) is 22.1 Å². The van der Waals surface area contributed by atoms with E-state index in [0.717, 1.165) is 0 Å². The third kappa shape index (κ3) is 4.74. The highest BCUT2D eigenvalue weighted by Gasteiger charge is 2.27. The lowest BCUT2D eigenvalue weighted by Gasteiger charge is -2.21. The number of terminal acetylenes is 1. The molecule has 2 unspecified atom stereocenters. The van der Waals surface area contributed by atoms with Crippen LogP contribution in [-0.4, -0.2) is 25.4 Å². The Kier molecular flexibility index (Phi) is 6.31. The average molecular weight is 415 g/mol. The van der Waals surface area contributed by atoms with Crippen molar-refractivity contribution in [1.29, 1.82) is 0 Å². The van der Waals surface area contributed by atoms with Crippen LogP contribution in [0.2, 0.25) is 0 Å². The fourth-order valence-electron chi connectivity index (χ4n) is 3.04. The summed E-state index contributed by atoms with van der Waals surface area (Å²) < 4.78 is 22.9. The van der Waals surface area contributed by atoms with Gasteiger partial charge in [0, 0.05) is 12.0 Å². The number of aliphatic carboxylic acids is 1. The first-order valence-electron chi connectivity index (χ1n) is 8.50. The smallest absolute Gasteiger partial charge is 0.308 e. The Balaban J connectivity index is 2.66. The molecule has 0 bridgehead atoms. The first-order chi connectivity index (χ1) is 13.5. The van der Waals surface area contributed by atoms with Crippen molar-refractivity contribution in [3.8, 4) is 23.5 Å². The minimum Gasteiger partial charge on any atom is -0.481 e. The summed E-state index contributed by atoms with van der Waals surface area (Å²) in [7, 11) is -3.87. The van der Waals surface area contributed by atoms with Crippen molar-refractivity contribution in [3.63, 3.8) is 0 Å². The molecule has 9 heteroatoms. The van der Waals surface area contributed by atoms with E-state index in [1.807, 2.05) is 0 Å². The molecule has 0 radical (unpaired) electrons. The lowest BCUT2D eigenvalue weighted by Crippen LogP contribution is -2.21. The summed E-state index contributed by atoms with van der Waals surface area (Å²) in [6.07, 6.45) is 5.29. The van der Waals surface area contributed by atoms with E-state index in [-0.39, 0.29) is 22.6 Å². The number of carboxylic acids is 1. The summed E-state index contributed by atoms with van der Waals surface area (Å²) in [6, 6.07) is 8.69. The number of hydrogen-bond donors (Lipinski definition) is 4. The van der Waals surface area contributed by atoms with Crippen LogP contribution in [0.1, 0.15) is 35.2 Å². The van der Waals surface area contributed by atoms with Crippen LogP contribution >= 0.6 is 0 Å². The van der Waals surface area contributed by atoms with Gasteiger partial charge >= 0.3 is 5.97 Å². The number of anilines is 1. The molecule has 2 rings (SSSR count). The van der Waals surface area contributed by atoms with Crippen LogP contribution in [-0.2, 0) is 14.8 Å². The highest BCUT2D eigenvalue weighted by molar-refractivity contribution is 7.89. The highest BCUT2D eigenvalue weighted by atomic mass is 32.2. The van der Waals surface area contributed by atoms with Crippen molar-refractivity contribution >= 4 is 27.6 Å². The Morgan fingerprint density at radius 1 is 1.21 bits per heavy atom. The van der Waals surface area contributed by atoms with Gasteiger partial charge in [-0.2, -0.15) is 0 Å². The van der Waals surface area contributed by atoms with Crippen LogP contribution in [0.3, 0.4) is 0 Å². The number of hydrogen-bond acceptors (Lipinski definition) is 5. The van der Waals surface area contributed by atoms with Gasteiger partial charge in [0.15, 0.2) is 0 Å². The molecule has 0 aliphatic rings. The van der Waals surface area contributed by atoms with Crippen molar-refractivity contribution in [1.82, 2.24) is 0 Å². The molecule has 2 aromatic rings. The summed E-state index contributed by atoms with van der Waals surface area (Å²) in [5, 5.41) is 14.6. The van der Waals surface area contributed by atoms with E-state index in [9.17, 15) is 23.1 Å². The van der Waals surface area contributed by atoms with Gasteiger partial charge in [0.2, 0.25) is 10.0 Å². The molecule has 7 N–H and O–H groups in total. The first kappa shape index (κ1) is 21.9. The van der Waals surface area contributed by atoms with E-state index in [0.29, 0.717) is 16.7 Å². The Morgan fingerprint density at radius 2 is 1.79 bits per heavy atom. The standard InChI is InChI=1S/C20H21N3O5S/c1-3-4-15(20(25)26)11(2)13-9-16(18(21)17(10-13)19(22)24)12-5-7-14(8-6-12)29(23,27)28/h1,5-11,15H,4,21H2,2H3,(H2,22,24)(H,25,26)(H2,23,27,28). The largest absolute Gasteiger partial charge is 0.481 e. The lowest BCUT2D eigenvalue weighted by atomic mass is 9.83. The van der Waals surface area contributed by atoms with E-state index in [1.165, 1.54) is 30.3 Å². The summed E-state index contributed by atoms with van der Waals surface area (Å²) in [4.78, 5) is 23.4. The number of sulfonamides is 1. The van der Waals surface area contributed by atoms with Crippen LogP contribution in [0.25, 0.3) is 11.1 Å². The topological polar surface area (TPSA) is 167 Å². The Hall–Kier alpha value is -3.35. The quantitative estimate of drug-likeness (QED) is 0.395. The zero-order valence-corrected chi connectivity index (χ0v) is 16.4. The normalized spacial score (nSPS) is 13.3. The highest BCUT2D eigenvalue weighted by Crippen LogP contribution is 2.36. The van der Waals surface area contributed by atoms with E-state index >= 15 is 0 Å². The number of carbonyl (C=O) groups is 2. The van der Waals surface area contributed by atoms with Crippen molar-refractivity contribution < 1.29 is 23.1 Å². The monoisotopic (exact) mass is 415 g/mol. The molecule has 2 atom stereocenters. The Bertz CT molecular complexity index is 1100. The molecular weight excluding hydrogens is 394 g/mol. The number of carbonyl (C=O) groups excluding carboxylic acids is 1. The van der Waals surface area contributed by atoms with E-state index in [4.69, 9.17) is 23.0 Å². The molecule has 0 saturated carbocycles. The molecule has 1 amide bonds. The van der Waals surface area contributed by atoms with Crippen LogP contribution in [0.5, 0.6) is 0 Å². The van der Waals surface area contributed by atoms with Crippen molar-refractivity contribution in [2.75, 3.05) is 5.73 Å². The zero-order valence-electron chi connectivity index (χ0n) is 15.6. The fraction of sp³-hybridized carbons (Fsp3) is 0.200. The van der Waals surface area contributed by atoms with Gasteiger partial charge in [-0.05, 0) is 41.3 Å². The van der Waals surface area contributed by atoms with Crippen molar-refractivity contribution in [3.05, 3.63) is 47.5 Å². The van der Waals surface area contributed by atoms with Crippen molar-refractivity contribution in [2.45, 2.75) is 24.2 Å². The molecule has 0 heterocycles. The first-order valence-corrected chi connectivity index (χ1v) is 10.0. The number of benzene rings is 2. The Labute approximate surface area is 168 Å². The maximum Gasteiger partial charge on any atom is 0.308 e. The molecule has 0 aliphatic heterocycles. The third-order valence-electron chi connectivity index (χ3n) is 4.75. The minimum absolute atomic E-state index is 0.00513. The average Bonchev–Trinajstić information content (AvgIpc) is 2.64. The zero-order chi connectivity index (χ0) is 21.9. The summed E-state index contributed by atoms with van der Waals surface area (Å²) in [6.45, 7) is 1.68. The second-order valence-corrected chi connectivity index (χ2v) is 8.17. The van der Waals surface area contributed by atoms with E-state index < -0.39 is 33.7 Å². The molecule has 152 valence electrons. The van der Waals surface area contributed by atoms with Crippen LogP contribution < -0.4 is 16.6 Å². The predicted molar refractivity (Wildman–Crippen MR) is 109 cm³/mol. The maximum atomic E-state index is 11.9. The molecule has 0 spiro atoms. The number of nitrogen functional groups attached to an aromatic ring is 1. The van der Waals surface area contributed by atoms with E-state index in [1.54, 1.807) is 13.0 Å². The molecule has 2 aromatic carbocycles. The number of amides is 1. The van der Waals surface area contributed by atoms with Gasteiger partial charge in [-0.25, -0.2) is 13.6 Å². The molecule has 0 saturated heterocycles. The molecule has 0 aromatic heterocycles. The van der Waals surface area contributed by atoms with Gasteiger partial charge < -0.3 is 16.6 Å². The van der Waals surface area contributed by atoms with Crippen LogP contribution in [0, 0.1) is 18.3 Å². The third-order valence-corrected chi connectivity index (χ3v) is 5.68. The maximum absolute atomic E-state index is 11.9. The van der Waals surface area contributed by atoms with Crippen LogP contribution in [0.4, 0.5) is 5.69 Å². The summed E-state index contributed by atoms with van der Waals surface area (Å²) in [5.41, 5.74) is 13.1. The number of primary sulfonamides is 1. The Morgan fingerprint density at radius 3 is 2.24 bits per heavy atom. The lowest BCUT2D eigenvalue weighted by molar-refractivity contribution is -0.142. The molecule has 0 fully saturated rings. The number of primary amides is 1. The van der Waals surface area contributed by atoms with Crippen molar-refractivity contribution in [2.24, 2.45) is 16.8 Å². The molecule has 8 nitrogen and oxygen atoms in total. The van der Waals surface area contributed by atoms with Gasteiger partial charge in [-0.1, -0.05) is 19.1 Å². The molecule has 0 aliphatic carbocycles. The minimum atomic E-state index is -3.87. The van der Waals surface area contributed by atoms with Crippen LogP contribution in [0.15, 0.2) is 41.3 Å². The second-order valence-electron chi connectivity index (χ2n) is 6.60. The summed E-state index contributed by atoms with van der Waals surface area (Å²) in [5.74, 6) is -0.899. The summed E-state index contributed by atoms with van der Waals surface area (Å²) >= 11 is 0. The van der Waals surface area contributed by atoms with Gasteiger partial charge in [0.1, 0.15) is 0 Å². The molecular formula is C20H21N3O5S. The predicted octanol–water partition coefficient (Wildman–Crippen LogP) is 1.51.